The molecule has 0 saturated heterocycles. The zero-order valence-electron chi connectivity index (χ0n) is 10.9. The van der Waals surface area contributed by atoms with Gasteiger partial charge in [0.2, 0.25) is 0 Å². The minimum atomic E-state index is -1.63. The Kier molecular flexibility index (Phi) is 8.37. The maximum atomic E-state index is 3.90. The fraction of sp³-hybridized carbons (Fsp3) is 0.333. The second-order valence-electron chi connectivity index (χ2n) is 4.19. The van der Waals surface area contributed by atoms with Gasteiger partial charge in [0.15, 0.2) is 0 Å². The van der Waals surface area contributed by atoms with Crippen LogP contribution in [-0.2, 0) is 0 Å². The lowest BCUT2D eigenvalue weighted by molar-refractivity contribution is 0.507. The molecule has 1 nitrogen and oxygen atoms in total. The highest BCUT2D eigenvalue weighted by Crippen LogP contribution is 2.27. The Balaban J connectivity index is 5.19. The molecule has 17 heavy (non-hydrogen) atoms. The smallest absolute Gasteiger partial charge is 0.140 e. The van der Waals surface area contributed by atoms with Gasteiger partial charge < -0.3 is 4.57 Å². The van der Waals surface area contributed by atoms with Gasteiger partial charge in [0.1, 0.15) is 8.24 Å². The molecule has 0 fully saturated rings. The van der Waals surface area contributed by atoms with Crippen LogP contribution in [0.15, 0.2) is 63.3 Å². The van der Waals surface area contributed by atoms with Crippen LogP contribution in [0, 0.1) is 0 Å². The molecule has 0 rings (SSSR count). The Morgan fingerprint density at radius 2 is 1.00 bits per heavy atom. The van der Waals surface area contributed by atoms with Crippen LogP contribution >= 0.6 is 0 Å². The maximum Gasteiger partial charge on any atom is 0.140 e. The first-order valence-corrected chi connectivity index (χ1v) is 8.57. The summed E-state index contributed by atoms with van der Waals surface area (Å²) in [6.07, 6.45) is 10.00. The molecule has 0 atom stereocenters. The molecule has 0 bridgehead atoms. The molecule has 0 N–H and O–H groups in total. The standard InChI is InChI=1S/C15H25NSi/c1-6-11-16(12-7-2)17(13-8-3,14-9-4)15-10-5/h6-10H,1-5,11-15H2. The van der Waals surface area contributed by atoms with Crippen LogP contribution in [0.3, 0.4) is 0 Å². The van der Waals surface area contributed by atoms with E-state index in [0.717, 1.165) is 31.2 Å². The van der Waals surface area contributed by atoms with Crippen LogP contribution in [0.25, 0.3) is 0 Å². The molecule has 0 aromatic rings. The molecular weight excluding hydrogens is 222 g/mol. The van der Waals surface area contributed by atoms with E-state index < -0.39 is 8.24 Å². The van der Waals surface area contributed by atoms with Crippen LogP contribution < -0.4 is 0 Å². The van der Waals surface area contributed by atoms with E-state index in [1.54, 1.807) is 0 Å². The van der Waals surface area contributed by atoms with Gasteiger partial charge in [0.25, 0.3) is 0 Å². The second kappa shape index (κ2) is 8.96. The number of allylic oxidation sites excluding steroid dienone is 3. The summed E-state index contributed by atoms with van der Waals surface area (Å²) in [7, 11) is -1.63. The van der Waals surface area contributed by atoms with Crippen LogP contribution in [0.5, 0.6) is 0 Å². The average Bonchev–Trinajstić information content (AvgIpc) is 2.29. The summed E-state index contributed by atoms with van der Waals surface area (Å²) in [4.78, 5) is 0. The molecule has 0 amide bonds. The van der Waals surface area contributed by atoms with Gasteiger partial charge in [0.05, 0.1) is 0 Å². The molecule has 0 saturated carbocycles. The fourth-order valence-electron chi connectivity index (χ4n) is 2.22. The summed E-state index contributed by atoms with van der Waals surface area (Å²) in [5.41, 5.74) is 0. The molecule has 94 valence electrons. The highest BCUT2D eigenvalue weighted by atomic mass is 28.3. The highest BCUT2D eigenvalue weighted by molar-refractivity contribution is 6.78. The average molecular weight is 247 g/mol. The first-order valence-electron chi connectivity index (χ1n) is 6.00. The van der Waals surface area contributed by atoms with Crippen LogP contribution in [-0.4, -0.2) is 25.9 Å². The highest BCUT2D eigenvalue weighted by Gasteiger charge is 2.34. The first-order chi connectivity index (χ1) is 8.20. The van der Waals surface area contributed by atoms with E-state index in [9.17, 15) is 0 Å². The van der Waals surface area contributed by atoms with Crippen molar-refractivity contribution in [3.8, 4) is 0 Å². The fourth-order valence-corrected chi connectivity index (χ4v) is 6.14. The van der Waals surface area contributed by atoms with Crippen molar-refractivity contribution in [2.24, 2.45) is 0 Å². The van der Waals surface area contributed by atoms with Crippen molar-refractivity contribution in [2.45, 2.75) is 18.1 Å². The van der Waals surface area contributed by atoms with Crippen LogP contribution in [0.1, 0.15) is 0 Å². The van der Waals surface area contributed by atoms with Crippen molar-refractivity contribution in [2.75, 3.05) is 13.1 Å². The number of rotatable bonds is 11. The van der Waals surface area contributed by atoms with Crippen molar-refractivity contribution >= 4 is 8.24 Å². The van der Waals surface area contributed by atoms with Crippen LogP contribution in [0.4, 0.5) is 0 Å². The van der Waals surface area contributed by atoms with Crippen molar-refractivity contribution in [3.63, 3.8) is 0 Å². The van der Waals surface area contributed by atoms with Crippen molar-refractivity contribution in [3.05, 3.63) is 63.3 Å². The number of hydrogen-bond acceptors (Lipinski definition) is 1. The van der Waals surface area contributed by atoms with Crippen LogP contribution in [0.2, 0.25) is 18.1 Å². The summed E-state index contributed by atoms with van der Waals surface area (Å²) >= 11 is 0. The van der Waals surface area contributed by atoms with Gasteiger partial charge in [-0.2, -0.15) is 0 Å². The third-order valence-electron chi connectivity index (χ3n) is 2.94. The molecule has 0 aliphatic rings. The quantitative estimate of drug-likeness (QED) is 0.391. The topological polar surface area (TPSA) is 3.24 Å². The number of hydrogen-bond donors (Lipinski definition) is 0. The molecule has 0 aromatic heterocycles. The van der Waals surface area contributed by atoms with Gasteiger partial charge in [-0.05, 0) is 18.1 Å². The summed E-state index contributed by atoms with van der Waals surface area (Å²) in [6, 6.07) is 3.14. The molecule has 2 heteroatoms. The number of nitrogens with zero attached hydrogens (tertiary/aromatic N) is 1. The van der Waals surface area contributed by atoms with Gasteiger partial charge in [0, 0.05) is 13.1 Å². The van der Waals surface area contributed by atoms with E-state index in [0.29, 0.717) is 0 Å². The lowest BCUT2D eigenvalue weighted by Gasteiger charge is -2.40. The minimum Gasteiger partial charge on any atom is -0.316 e. The largest absolute Gasteiger partial charge is 0.316 e. The third-order valence-corrected chi connectivity index (χ3v) is 7.80. The normalized spacial score (nSPS) is 10.9. The van der Waals surface area contributed by atoms with E-state index >= 15 is 0 Å². The van der Waals surface area contributed by atoms with Gasteiger partial charge in [-0.1, -0.05) is 30.4 Å². The van der Waals surface area contributed by atoms with Gasteiger partial charge in [-0.15, -0.1) is 32.9 Å². The monoisotopic (exact) mass is 247 g/mol. The van der Waals surface area contributed by atoms with E-state index in [4.69, 9.17) is 0 Å². The van der Waals surface area contributed by atoms with E-state index in [1.807, 2.05) is 30.4 Å². The van der Waals surface area contributed by atoms with E-state index in [1.165, 1.54) is 0 Å². The summed E-state index contributed by atoms with van der Waals surface area (Å²) in [6.45, 7) is 21.2. The Hall–Kier alpha value is -1.12. The summed E-state index contributed by atoms with van der Waals surface area (Å²) in [5, 5.41) is 0. The molecule has 0 aromatic carbocycles. The summed E-state index contributed by atoms with van der Waals surface area (Å²) in [5.74, 6) is 0. The Labute approximate surface area is 108 Å². The molecular formula is C15H25NSi. The van der Waals surface area contributed by atoms with E-state index in [-0.39, 0.29) is 0 Å². The lowest BCUT2D eigenvalue weighted by Crippen LogP contribution is -2.52. The van der Waals surface area contributed by atoms with Crippen molar-refractivity contribution in [1.82, 2.24) is 4.57 Å². The van der Waals surface area contributed by atoms with Crippen molar-refractivity contribution < 1.29 is 0 Å². The molecule has 0 aliphatic carbocycles. The van der Waals surface area contributed by atoms with Gasteiger partial charge in [-0.25, -0.2) is 0 Å². The molecule has 0 heterocycles. The molecule has 0 spiro atoms. The maximum absolute atomic E-state index is 3.90. The lowest BCUT2D eigenvalue weighted by atomic mass is 10.5. The van der Waals surface area contributed by atoms with Crippen molar-refractivity contribution in [1.29, 1.82) is 0 Å². The zero-order valence-corrected chi connectivity index (χ0v) is 11.9. The first kappa shape index (κ1) is 15.9. The van der Waals surface area contributed by atoms with E-state index in [2.05, 4.69) is 37.5 Å². The molecule has 0 unspecified atom stereocenters. The minimum absolute atomic E-state index is 0.897. The van der Waals surface area contributed by atoms with Gasteiger partial charge >= 0.3 is 0 Å². The zero-order chi connectivity index (χ0) is 13.1. The second-order valence-corrected chi connectivity index (χ2v) is 8.49. The predicted molar refractivity (Wildman–Crippen MR) is 82.7 cm³/mol. The predicted octanol–water partition coefficient (Wildman–Crippen LogP) is 4.16. The summed E-state index contributed by atoms with van der Waals surface area (Å²) < 4.78 is 2.50. The SMILES string of the molecule is C=CCN(CC=C)[Si](CC=C)(CC=C)CC=C. The third kappa shape index (κ3) is 4.71. The molecule has 0 aliphatic heterocycles. The van der Waals surface area contributed by atoms with Gasteiger partial charge in [-0.3, -0.25) is 0 Å². The Morgan fingerprint density at radius 1 is 0.647 bits per heavy atom. The Morgan fingerprint density at radius 3 is 1.24 bits per heavy atom. The Bertz CT molecular complexity index is 244. The molecule has 0 radical (unpaired) electrons.